The number of anilines is 2. The molecule has 0 atom stereocenters. The zero-order valence-corrected chi connectivity index (χ0v) is 14.9. The van der Waals surface area contributed by atoms with Crippen molar-refractivity contribution in [2.45, 2.75) is 20.8 Å². The van der Waals surface area contributed by atoms with Crippen LogP contribution in [0.15, 0.2) is 18.2 Å². The monoisotopic (exact) mass is 338 g/mol. The Morgan fingerprint density at radius 3 is 2.48 bits per heavy atom. The van der Waals surface area contributed by atoms with Crippen molar-refractivity contribution in [3.05, 3.63) is 35.2 Å². The number of pyridine rings is 1. The van der Waals surface area contributed by atoms with Gasteiger partial charge in [-0.2, -0.15) is 10.2 Å². The van der Waals surface area contributed by atoms with Crippen LogP contribution in [-0.4, -0.2) is 47.7 Å². The van der Waals surface area contributed by atoms with Gasteiger partial charge in [-0.1, -0.05) is 6.07 Å². The lowest BCUT2D eigenvalue weighted by Gasteiger charge is -2.35. The molecule has 0 aliphatic carbocycles. The maximum absolute atomic E-state index is 9.16. The second-order valence-corrected chi connectivity index (χ2v) is 6.00. The number of nitriles is 1. The summed E-state index contributed by atoms with van der Waals surface area (Å²) in [7, 11) is 0. The lowest BCUT2D eigenvalue weighted by molar-refractivity contribution is 0.325. The zero-order valence-electron chi connectivity index (χ0n) is 14.9. The van der Waals surface area contributed by atoms with E-state index in [1.165, 1.54) is 0 Å². The van der Waals surface area contributed by atoms with Crippen molar-refractivity contribution in [1.29, 1.82) is 5.26 Å². The molecule has 0 unspecified atom stereocenters. The molecule has 0 spiro atoms. The van der Waals surface area contributed by atoms with Crippen LogP contribution in [0.5, 0.6) is 5.88 Å². The largest absolute Gasteiger partial charge is 0.478 e. The highest BCUT2D eigenvalue weighted by molar-refractivity contribution is 5.47. The quantitative estimate of drug-likeness (QED) is 0.844. The minimum Gasteiger partial charge on any atom is -0.478 e. The summed E-state index contributed by atoms with van der Waals surface area (Å²) in [5.41, 5.74) is 2.29. The van der Waals surface area contributed by atoms with E-state index in [1.807, 2.05) is 39.0 Å². The molecule has 7 nitrogen and oxygen atoms in total. The molecule has 0 saturated carbocycles. The molecule has 1 fully saturated rings. The molecule has 130 valence electrons. The molecule has 7 heteroatoms. The van der Waals surface area contributed by atoms with Crippen molar-refractivity contribution < 1.29 is 4.74 Å². The first kappa shape index (κ1) is 17.0. The maximum atomic E-state index is 9.16. The van der Waals surface area contributed by atoms with Crippen molar-refractivity contribution in [2.24, 2.45) is 0 Å². The third-order valence-electron chi connectivity index (χ3n) is 4.19. The van der Waals surface area contributed by atoms with Gasteiger partial charge in [-0.3, -0.25) is 0 Å². The van der Waals surface area contributed by atoms with Crippen molar-refractivity contribution in [3.63, 3.8) is 0 Å². The number of nitrogens with zero attached hydrogens (tertiary/aromatic N) is 6. The summed E-state index contributed by atoms with van der Waals surface area (Å²) < 4.78 is 5.52. The van der Waals surface area contributed by atoms with Crippen molar-refractivity contribution in [3.8, 4) is 11.9 Å². The third kappa shape index (κ3) is 3.79. The third-order valence-corrected chi connectivity index (χ3v) is 4.19. The van der Waals surface area contributed by atoms with Crippen LogP contribution in [0.1, 0.15) is 23.9 Å². The van der Waals surface area contributed by atoms with Crippen LogP contribution in [0, 0.1) is 25.2 Å². The Bertz CT molecular complexity index is 793. The number of piperazine rings is 1. The summed E-state index contributed by atoms with van der Waals surface area (Å²) >= 11 is 0. The van der Waals surface area contributed by atoms with E-state index in [0.717, 1.165) is 43.3 Å². The van der Waals surface area contributed by atoms with Crippen LogP contribution < -0.4 is 14.5 Å². The average Bonchev–Trinajstić information content (AvgIpc) is 2.62. The molecule has 0 amide bonds. The van der Waals surface area contributed by atoms with Gasteiger partial charge in [0.15, 0.2) is 0 Å². The Morgan fingerprint density at radius 2 is 1.80 bits per heavy atom. The van der Waals surface area contributed by atoms with E-state index in [2.05, 4.69) is 30.8 Å². The fourth-order valence-corrected chi connectivity index (χ4v) is 2.83. The first-order valence-electron chi connectivity index (χ1n) is 8.47. The van der Waals surface area contributed by atoms with E-state index >= 15 is 0 Å². The minimum atomic E-state index is 0.489. The van der Waals surface area contributed by atoms with Crippen molar-refractivity contribution >= 4 is 11.8 Å². The molecule has 3 rings (SSSR count). The molecule has 0 radical (unpaired) electrons. The van der Waals surface area contributed by atoms with E-state index in [9.17, 15) is 0 Å². The normalized spacial score (nSPS) is 14.3. The molecule has 25 heavy (non-hydrogen) atoms. The van der Waals surface area contributed by atoms with Crippen molar-refractivity contribution in [1.82, 2.24) is 15.0 Å². The Kier molecular flexibility index (Phi) is 4.98. The van der Waals surface area contributed by atoms with Gasteiger partial charge in [-0.15, -0.1) is 0 Å². The molecule has 1 aliphatic heterocycles. The van der Waals surface area contributed by atoms with Crippen molar-refractivity contribution in [2.75, 3.05) is 42.6 Å². The molecule has 1 aliphatic rings. The summed E-state index contributed by atoms with van der Waals surface area (Å²) in [6.07, 6.45) is 0. The molecule has 1 saturated heterocycles. The lowest BCUT2D eigenvalue weighted by Crippen LogP contribution is -2.47. The molecule has 2 aromatic heterocycles. The summed E-state index contributed by atoms with van der Waals surface area (Å²) in [6.45, 7) is 9.59. The van der Waals surface area contributed by atoms with E-state index in [0.29, 0.717) is 24.1 Å². The van der Waals surface area contributed by atoms with Gasteiger partial charge in [0.05, 0.1) is 6.61 Å². The molecule has 0 bridgehead atoms. The molecule has 3 heterocycles. The predicted octanol–water partition coefficient (Wildman–Crippen LogP) is 2.09. The molecular weight excluding hydrogens is 316 g/mol. The van der Waals surface area contributed by atoms with Gasteiger partial charge in [-0.25, -0.2) is 9.97 Å². The van der Waals surface area contributed by atoms with Crippen LogP contribution in [0.3, 0.4) is 0 Å². The number of hydrogen-bond donors (Lipinski definition) is 0. The lowest BCUT2D eigenvalue weighted by atomic mass is 10.2. The van der Waals surface area contributed by atoms with Crippen LogP contribution in [0.25, 0.3) is 0 Å². The number of aryl methyl sites for hydroxylation is 2. The number of aromatic nitrogens is 3. The van der Waals surface area contributed by atoms with Gasteiger partial charge >= 0.3 is 0 Å². The first-order chi connectivity index (χ1) is 12.1. The van der Waals surface area contributed by atoms with Gasteiger partial charge in [0.1, 0.15) is 17.6 Å². The predicted molar refractivity (Wildman–Crippen MR) is 96.1 cm³/mol. The van der Waals surface area contributed by atoms with Gasteiger partial charge in [0.25, 0.3) is 0 Å². The Labute approximate surface area is 147 Å². The molecule has 2 aromatic rings. The van der Waals surface area contributed by atoms with E-state index in [1.54, 1.807) is 0 Å². The highest BCUT2D eigenvalue weighted by Crippen LogP contribution is 2.20. The summed E-state index contributed by atoms with van der Waals surface area (Å²) in [4.78, 5) is 17.8. The average molecular weight is 338 g/mol. The number of rotatable bonds is 4. The molecular formula is C18H22N6O. The molecule has 0 aromatic carbocycles. The van der Waals surface area contributed by atoms with E-state index in [-0.39, 0.29) is 0 Å². The second-order valence-electron chi connectivity index (χ2n) is 6.00. The topological polar surface area (TPSA) is 78.2 Å². The highest BCUT2D eigenvalue weighted by atomic mass is 16.5. The summed E-state index contributed by atoms with van der Waals surface area (Å²) in [6, 6.07) is 7.93. The Morgan fingerprint density at radius 1 is 1.08 bits per heavy atom. The summed E-state index contributed by atoms with van der Waals surface area (Å²) in [5, 5.41) is 9.16. The fourth-order valence-electron chi connectivity index (χ4n) is 2.83. The van der Waals surface area contributed by atoms with Crippen LogP contribution in [0.4, 0.5) is 11.8 Å². The Hall–Kier alpha value is -2.88. The minimum absolute atomic E-state index is 0.489. The van der Waals surface area contributed by atoms with Crippen LogP contribution in [-0.2, 0) is 0 Å². The number of hydrogen-bond acceptors (Lipinski definition) is 7. The Balaban J connectivity index is 1.71. The number of ether oxygens (including phenoxy) is 1. The standard InChI is InChI=1S/C18H22N6O/c1-4-25-17-11-14(3)20-18(22-17)24-9-7-23(8-10-24)16-6-5-13(2)15(12-19)21-16/h5-6,11H,4,7-10H2,1-3H3. The van der Waals surface area contributed by atoms with Gasteiger partial charge in [0, 0.05) is 37.9 Å². The maximum Gasteiger partial charge on any atom is 0.228 e. The highest BCUT2D eigenvalue weighted by Gasteiger charge is 2.21. The second kappa shape index (κ2) is 7.34. The first-order valence-corrected chi connectivity index (χ1v) is 8.47. The zero-order chi connectivity index (χ0) is 17.8. The smallest absolute Gasteiger partial charge is 0.228 e. The van der Waals surface area contributed by atoms with E-state index < -0.39 is 0 Å². The van der Waals surface area contributed by atoms with Crippen LogP contribution >= 0.6 is 0 Å². The van der Waals surface area contributed by atoms with E-state index in [4.69, 9.17) is 10.00 Å². The SMILES string of the molecule is CCOc1cc(C)nc(N2CCN(c3ccc(C)c(C#N)n3)CC2)n1. The fraction of sp³-hybridized carbons (Fsp3) is 0.444. The summed E-state index contributed by atoms with van der Waals surface area (Å²) in [5.74, 6) is 2.17. The van der Waals surface area contributed by atoms with Gasteiger partial charge in [0.2, 0.25) is 11.8 Å². The van der Waals surface area contributed by atoms with Crippen LogP contribution in [0.2, 0.25) is 0 Å². The van der Waals surface area contributed by atoms with Gasteiger partial charge < -0.3 is 14.5 Å². The molecule has 0 N–H and O–H groups in total. The van der Waals surface area contributed by atoms with Gasteiger partial charge in [-0.05, 0) is 32.4 Å².